The number of amides is 1. The van der Waals surface area contributed by atoms with Crippen molar-refractivity contribution in [3.8, 4) is 11.4 Å². The van der Waals surface area contributed by atoms with E-state index in [-0.39, 0.29) is 17.2 Å². The molecule has 1 aromatic carbocycles. The number of anilines is 1. The molecule has 3 aromatic heterocycles. The maximum Gasteiger partial charge on any atom is 0.266 e. The number of thioether (sulfide) groups is 1. The van der Waals surface area contributed by atoms with E-state index in [1.165, 1.54) is 33.7 Å². The minimum atomic E-state index is -0.307. The first-order valence-corrected chi connectivity index (χ1v) is 10.1. The van der Waals surface area contributed by atoms with Crippen molar-refractivity contribution >= 4 is 51.4 Å². The standard InChI is InChI=1S/C16H12ClN7O2S2/c1-8-21-22-15(28-8)19-13(26)7-27-16-20-14(9-2-4-10(17)5-3-9)18-11-6-12(25)23-24(11)16/h2-6H,7H2,1H3,(H,23,25)(H,19,22,26). The Morgan fingerprint density at radius 1 is 1.29 bits per heavy atom. The SMILES string of the molecule is Cc1nnc(NC(=O)CSc2nc(-c3ccc(Cl)cc3)nc3cc(=O)[nH]n23)s1. The van der Waals surface area contributed by atoms with Crippen LogP contribution in [0, 0.1) is 6.92 Å². The lowest BCUT2D eigenvalue weighted by Gasteiger charge is -2.07. The second-order valence-electron chi connectivity index (χ2n) is 5.61. The molecule has 0 atom stereocenters. The van der Waals surface area contributed by atoms with Crippen LogP contribution in [0.2, 0.25) is 5.02 Å². The quantitative estimate of drug-likeness (QED) is 0.464. The molecule has 0 unspecified atom stereocenters. The molecule has 0 aliphatic heterocycles. The molecule has 4 rings (SSSR count). The van der Waals surface area contributed by atoms with Gasteiger partial charge in [-0.1, -0.05) is 34.7 Å². The van der Waals surface area contributed by atoms with E-state index in [9.17, 15) is 9.59 Å². The van der Waals surface area contributed by atoms with E-state index in [1.807, 2.05) is 0 Å². The van der Waals surface area contributed by atoms with Gasteiger partial charge in [0.1, 0.15) is 5.01 Å². The van der Waals surface area contributed by atoms with Crippen molar-refractivity contribution in [1.29, 1.82) is 0 Å². The van der Waals surface area contributed by atoms with Gasteiger partial charge in [-0.15, -0.1) is 10.2 Å². The molecule has 9 nitrogen and oxygen atoms in total. The molecule has 0 saturated heterocycles. The molecule has 4 aromatic rings. The van der Waals surface area contributed by atoms with Crippen LogP contribution >= 0.6 is 34.7 Å². The number of aryl methyl sites for hydroxylation is 1. The van der Waals surface area contributed by atoms with Crippen molar-refractivity contribution in [1.82, 2.24) is 29.8 Å². The fourth-order valence-electron chi connectivity index (χ4n) is 2.34. The Bertz CT molecular complexity index is 1220. The first-order valence-electron chi connectivity index (χ1n) is 7.96. The highest BCUT2D eigenvalue weighted by Gasteiger charge is 2.14. The number of carbonyl (C=O) groups excluding carboxylic acids is 1. The smallest absolute Gasteiger partial charge is 0.266 e. The van der Waals surface area contributed by atoms with E-state index >= 15 is 0 Å². The fraction of sp³-hybridized carbons (Fsp3) is 0.125. The van der Waals surface area contributed by atoms with Gasteiger partial charge in [-0.05, 0) is 31.2 Å². The van der Waals surface area contributed by atoms with Gasteiger partial charge in [-0.25, -0.2) is 14.5 Å². The summed E-state index contributed by atoms with van der Waals surface area (Å²) in [7, 11) is 0. The van der Waals surface area contributed by atoms with Crippen molar-refractivity contribution < 1.29 is 4.79 Å². The summed E-state index contributed by atoms with van der Waals surface area (Å²) in [5.41, 5.74) is 0.849. The highest BCUT2D eigenvalue weighted by atomic mass is 35.5. The van der Waals surface area contributed by atoms with Gasteiger partial charge in [-0.2, -0.15) is 0 Å². The van der Waals surface area contributed by atoms with E-state index in [1.54, 1.807) is 31.2 Å². The topological polar surface area (TPSA) is 118 Å². The molecule has 0 aliphatic rings. The Balaban J connectivity index is 1.60. The summed E-state index contributed by atoms with van der Waals surface area (Å²) < 4.78 is 1.45. The number of nitrogens with one attached hydrogen (secondary N) is 2. The highest BCUT2D eigenvalue weighted by Crippen LogP contribution is 2.23. The minimum absolute atomic E-state index is 0.0744. The Labute approximate surface area is 171 Å². The van der Waals surface area contributed by atoms with Gasteiger partial charge < -0.3 is 0 Å². The number of aromatic amines is 1. The average molecular weight is 434 g/mol. The van der Waals surface area contributed by atoms with Crippen LogP contribution in [0.25, 0.3) is 17.0 Å². The predicted molar refractivity (Wildman–Crippen MR) is 108 cm³/mol. The lowest BCUT2D eigenvalue weighted by molar-refractivity contribution is -0.113. The fourth-order valence-corrected chi connectivity index (χ4v) is 3.83. The van der Waals surface area contributed by atoms with E-state index in [0.717, 1.165) is 10.6 Å². The zero-order chi connectivity index (χ0) is 19.7. The first-order chi connectivity index (χ1) is 13.5. The number of hydrogen-bond acceptors (Lipinski definition) is 8. The van der Waals surface area contributed by atoms with Gasteiger partial charge in [0, 0.05) is 16.7 Å². The van der Waals surface area contributed by atoms with Crippen molar-refractivity contribution in [3.63, 3.8) is 0 Å². The van der Waals surface area contributed by atoms with Crippen LogP contribution in [0.15, 0.2) is 40.3 Å². The second-order valence-corrected chi connectivity index (χ2v) is 8.17. The number of hydrogen-bond donors (Lipinski definition) is 2. The molecule has 0 bridgehead atoms. The maximum absolute atomic E-state index is 12.2. The van der Waals surface area contributed by atoms with E-state index in [0.29, 0.717) is 26.8 Å². The molecule has 142 valence electrons. The lowest BCUT2D eigenvalue weighted by Crippen LogP contribution is -2.15. The van der Waals surface area contributed by atoms with Gasteiger partial charge in [0.25, 0.3) is 5.56 Å². The molecular formula is C16H12ClN7O2S2. The third-order valence-corrected chi connectivity index (χ3v) is 5.48. The van der Waals surface area contributed by atoms with Gasteiger partial charge >= 0.3 is 0 Å². The van der Waals surface area contributed by atoms with E-state index < -0.39 is 0 Å². The molecule has 0 fully saturated rings. The van der Waals surface area contributed by atoms with Gasteiger partial charge in [0.15, 0.2) is 16.6 Å². The van der Waals surface area contributed by atoms with Crippen LogP contribution in [0.4, 0.5) is 5.13 Å². The van der Waals surface area contributed by atoms with Crippen LogP contribution in [-0.4, -0.2) is 41.4 Å². The Morgan fingerprint density at radius 2 is 2.07 bits per heavy atom. The number of nitrogens with zero attached hydrogens (tertiary/aromatic N) is 5. The predicted octanol–water partition coefficient (Wildman–Crippen LogP) is 2.63. The maximum atomic E-state index is 12.2. The molecule has 0 aliphatic carbocycles. The summed E-state index contributed by atoms with van der Waals surface area (Å²) >= 11 is 8.39. The normalized spacial score (nSPS) is 11.1. The van der Waals surface area contributed by atoms with Gasteiger partial charge in [0.2, 0.25) is 11.0 Å². The Kier molecular flexibility index (Phi) is 5.11. The molecule has 28 heavy (non-hydrogen) atoms. The number of H-pyrrole nitrogens is 1. The largest absolute Gasteiger partial charge is 0.300 e. The summed E-state index contributed by atoms with van der Waals surface area (Å²) in [6.45, 7) is 1.81. The Hall–Kier alpha value is -2.76. The van der Waals surface area contributed by atoms with Gasteiger partial charge in [0.05, 0.1) is 5.75 Å². The van der Waals surface area contributed by atoms with Crippen molar-refractivity contribution in [2.24, 2.45) is 0 Å². The molecule has 0 spiro atoms. The highest BCUT2D eigenvalue weighted by molar-refractivity contribution is 7.99. The second kappa shape index (κ2) is 7.70. The molecule has 1 amide bonds. The monoisotopic (exact) mass is 433 g/mol. The zero-order valence-electron chi connectivity index (χ0n) is 14.3. The molecule has 3 heterocycles. The number of aromatic nitrogens is 6. The van der Waals surface area contributed by atoms with Crippen LogP contribution in [0.3, 0.4) is 0 Å². The van der Waals surface area contributed by atoms with Crippen molar-refractivity contribution in [2.75, 3.05) is 11.1 Å². The summed E-state index contributed by atoms with van der Waals surface area (Å²) in [5.74, 6) is 0.249. The average Bonchev–Trinajstić information content (AvgIpc) is 3.24. The van der Waals surface area contributed by atoms with Crippen LogP contribution in [0.5, 0.6) is 0 Å². The first kappa shape index (κ1) is 18.6. The summed E-state index contributed by atoms with van der Waals surface area (Å²) in [6, 6.07) is 8.42. The number of rotatable bonds is 5. The zero-order valence-corrected chi connectivity index (χ0v) is 16.7. The van der Waals surface area contributed by atoms with Crippen molar-refractivity contribution in [3.05, 3.63) is 50.7 Å². The molecular weight excluding hydrogens is 422 g/mol. The molecule has 2 N–H and O–H groups in total. The van der Waals surface area contributed by atoms with Gasteiger partial charge in [-0.3, -0.25) is 20.0 Å². The number of benzene rings is 1. The summed E-state index contributed by atoms with van der Waals surface area (Å²) in [5, 5.41) is 15.3. The number of fused-ring (bicyclic) bond motifs is 1. The minimum Gasteiger partial charge on any atom is -0.300 e. The lowest BCUT2D eigenvalue weighted by atomic mass is 10.2. The molecule has 12 heteroatoms. The summed E-state index contributed by atoms with van der Waals surface area (Å²) in [6.07, 6.45) is 0. The van der Waals surface area contributed by atoms with Crippen molar-refractivity contribution in [2.45, 2.75) is 12.1 Å². The third-order valence-electron chi connectivity index (χ3n) is 3.53. The van der Waals surface area contributed by atoms with E-state index in [4.69, 9.17) is 11.6 Å². The van der Waals surface area contributed by atoms with Crippen LogP contribution < -0.4 is 10.9 Å². The molecule has 0 saturated carbocycles. The van der Waals surface area contributed by atoms with Crippen LogP contribution in [-0.2, 0) is 4.79 Å². The third kappa shape index (κ3) is 4.06. The number of carbonyl (C=O) groups is 1. The Morgan fingerprint density at radius 3 is 2.79 bits per heavy atom. The summed E-state index contributed by atoms with van der Waals surface area (Å²) in [4.78, 5) is 32.8. The number of halogens is 1. The van der Waals surface area contributed by atoms with E-state index in [2.05, 4.69) is 30.6 Å². The van der Waals surface area contributed by atoms with Crippen LogP contribution in [0.1, 0.15) is 5.01 Å². The molecule has 0 radical (unpaired) electrons.